The summed E-state index contributed by atoms with van der Waals surface area (Å²) in [6.45, 7) is 0. The van der Waals surface area contributed by atoms with Gasteiger partial charge in [-0.15, -0.1) is 11.3 Å². The molecule has 0 atom stereocenters. The topological polar surface area (TPSA) is 12.9 Å². The van der Waals surface area contributed by atoms with Gasteiger partial charge in [-0.25, -0.2) is 9.37 Å². The van der Waals surface area contributed by atoms with E-state index in [9.17, 15) is 4.39 Å². The van der Waals surface area contributed by atoms with E-state index in [-0.39, 0.29) is 5.82 Å². The third kappa shape index (κ3) is 1.98. The molecular weight excluding hydrogens is 257 g/mol. The maximum absolute atomic E-state index is 13.8. The summed E-state index contributed by atoms with van der Waals surface area (Å²) in [5.74, 6) is -0.288. The van der Waals surface area contributed by atoms with Gasteiger partial charge in [0.25, 0.3) is 0 Å². The first-order chi connectivity index (χ1) is 8.25. The lowest BCUT2D eigenvalue weighted by Gasteiger charge is -2.06. The van der Waals surface area contributed by atoms with E-state index < -0.39 is 0 Å². The Labute approximate surface area is 108 Å². The van der Waals surface area contributed by atoms with Gasteiger partial charge in [-0.1, -0.05) is 17.7 Å². The van der Waals surface area contributed by atoms with Crippen LogP contribution in [0, 0.1) is 5.82 Å². The smallest absolute Gasteiger partial charge is 0.134 e. The van der Waals surface area contributed by atoms with Gasteiger partial charge in [-0.05, 0) is 37.8 Å². The Morgan fingerprint density at radius 2 is 2.06 bits per heavy atom. The number of fused-ring (bicyclic) bond motifs is 1. The molecule has 1 aliphatic rings. The van der Waals surface area contributed by atoms with E-state index in [0.29, 0.717) is 10.6 Å². The van der Waals surface area contributed by atoms with Gasteiger partial charge >= 0.3 is 0 Å². The lowest BCUT2D eigenvalue weighted by molar-refractivity contribution is 0.631. The molecule has 0 radical (unpaired) electrons. The fourth-order valence-corrected chi connectivity index (χ4v) is 3.68. The van der Waals surface area contributed by atoms with Crippen LogP contribution in [0.3, 0.4) is 0 Å². The van der Waals surface area contributed by atoms with Crippen LogP contribution in [-0.2, 0) is 12.8 Å². The zero-order chi connectivity index (χ0) is 11.8. The molecular formula is C13H11ClFNS. The standard InChI is InChI=1S/C13H11ClFNS/c14-8-4-3-5-9(15)12(8)13-16-10-6-1-2-7-11(10)17-13/h3-5H,1-2,6-7H2. The van der Waals surface area contributed by atoms with E-state index in [1.54, 1.807) is 23.5 Å². The summed E-state index contributed by atoms with van der Waals surface area (Å²) < 4.78 is 13.8. The average molecular weight is 268 g/mol. The molecule has 1 heterocycles. The van der Waals surface area contributed by atoms with E-state index in [1.165, 1.54) is 23.8 Å². The molecule has 0 unspecified atom stereocenters. The molecule has 88 valence electrons. The first-order valence-corrected chi connectivity index (χ1v) is 6.88. The zero-order valence-electron chi connectivity index (χ0n) is 9.17. The highest BCUT2D eigenvalue weighted by atomic mass is 35.5. The normalized spacial score (nSPS) is 14.7. The van der Waals surface area contributed by atoms with Crippen LogP contribution < -0.4 is 0 Å². The fraction of sp³-hybridized carbons (Fsp3) is 0.308. The highest BCUT2D eigenvalue weighted by Gasteiger charge is 2.19. The van der Waals surface area contributed by atoms with E-state index in [1.807, 2.05) is 0 Å². The quantitative estimate of drug-likeness (QED) is 0.742. The highest BCUT2D eigenvalue weighted by Crippen LogP contribution is 2.37. The Balaban J connectivity index is 2.12. The minimum absolute atomic E-state index is 0.288. The van der Waals surface area contributed by atoms with Crippen molar-refractivity contribution in [3.8, 4) is 10.6 Å². The summed E-state index contributed by atoms with van der Waals surface area (Å²) in [6.07, 6.45) is 4.47. The van der Waals surface area contributed by atoms with Gasteiger partial charge < -0.3 is 0 Å². The largest absolute Gasteiger partial charge is 0.241 e. The van der Waals surface area contributed by atoms with Gasteiger partial charge in [0, 0.05) is 4.88 Å². The number of nitrogens with zero attached hydrogens (tertiary/aromatic N) is 1. The number of rotatable bonds is 1. The summed E-state index contributed by atoms with van der Waals surface area (Å²) >= 11 is 7.64. The van der Waals surface area contributed by atoms with Crippen LogP contribution in [0.25, 0.3) is 10.6 Å². The van der Waals surface area contributed by atoms with Crippen molar-refractivity contribution in [1.82, 2.24) is 4.98 Å². The monoisotopic (exact) mass is 267 g/mol. The first kappa shape index (κ1) is 11.2. The summed E-state index contributed by atoms with van der Waals surface area (Å²) in [6, 6.07) is 4.76. The van der Waals surface area contributed by atoms with Crippen LogP contribution in [0.15, 0.2) is 18.2 Å². The third-order valence-corrected chi connectivity index (χ3v) is 4.51. The number of benzene rings is 1. The summed E-state index contributed by atoms with van der Waals surface area (Å²) in [4.78, 5) is 5.83. The minimum atomic E-state index is -0.288. The van der Waals surface area contributed by atoms with Crippen molar-refractivity contribution in [2.24, 2.45) is 0 Å². The molecule has 0 fully saturated rings. The highest BCUT2D eigenvalue weighted by molar-refractivity contribution is 7.15. The molecule has 0 aliphatic heterocycles. The SMILES string of the molecule is Fc1cccc(Cl)c1-c1nc2c(s1)CCCC2. The summed E-state index contributed by atoms with van der Waals surface area (Å²) in [5.41, 5.74) is 1.59. The Kier molecular flexibility index (Phi) is 2.89. The molecule has 0 N–H and O–H groups in total. The van der Waals surface area contributed by atoms with Crippen molar-refractivity contribution in [2.75, 3.05) is 0 Å². The zero-order valence-corrected chi connectivity index (χ0v) is 10.7. The Bertz CT molecular complexity index is 521. The second kappa shape index (κ2) is 4.39. The van der Waals surface area contributed by atoms with Gasteiger partial charge in [-0.3, -0.25) is 0 Å². The number of hydrogen-bond donors (Lipinski definition) is 0. The number of halogens is 2. The van der Waals surface area contributed by atoms with Crippen molar-refractivity contribution < 1.29 is 4.39 Å². The maximum atomic E-state index is 13.8. The second-order valence-corrected chi connectivity index (χ2v) is 5.68. The first-order valence-electron chi connectivity index (χ1n) is 5.68. The molecule has 3 rings (SSSR count). The Morgan fingerprint density at radius 3 is 2.82 bits per heavy atom. The molecule has 17 heavy (non-hydrogen) atoms. The van der Waals surface area contributed by atoms with Crippen LogP contribution in [-0.4, -0.2) is 4.98 Å². The van der Waals surface area contributed by atoms with Crippen LogP contribution >= 0.6 is 22.9 Å². The van der Waals surface area contributed by atoms with Gasteiger partial charge in [0.2, 0.25) is 0 Å². The molecule has 0 amide bonds. The second-order valence-electron chi connectivity index (χ2n) is 4.19. The fourth-order valence-electron chi connectivity index (χ4n) is 2.16. The lowest BCUT2D eigenvalue weighted by Crippen LogP contribution is -1.98. The molecule has 0 saturated carbocycles. The maximum Gasteiger partial charge on any atom is 0.134 e. The lowest BCUT2D eigenvalue weighted by atomic mass is 10.0. The predicted octanol–water partition coefficient (Wildman–Crippen LogP) is 4.48. The van der Waals surface area contributed by atoms with E-state index >= 15 is 0 Å². The van der Waals surface area contributed by atoms with Crippen LogP contribution in [0.2, 0.25) is 5.02 Å². The van der Waals surface area contributed by atoms with Crippen molar-refractivity contribution >= 4 is 22.9 Å². The van der Waals surface area contributed by atoms with Crippen LogP contribution in [0.1, 0.15) is 23.4 Å². The van der Waals surface area contributed by atoms with Gasteiger partial charge in [0.15, 0.2) is 0 Å². The van der Waals surface area contributed by atoms with Crippen LogP contribution in [0.5, 0.6) is 0 Å². The van der Waals surface area contributed by atoms with E-state index in [2.05, 4.69) is 4.98 Å². The number of thiazole rings is 1. The molecule has 1 aromatic heterocycles. The van der Waals surface area contributed by atoms with Crippen molar-refractivity contribution in [3.05, 3.63) is 39.6 Å². The predicted molar refractivity (Wildman–Crippen MR) is 69.2 cm³/mol. The van der Waals surface area contributed by atoms with Crippen LogP contribution in [0.4, 0.5) is 4.39 Å². The van der Waals surface area contributed by atoms with E-state index in [4.69, 9.17) is 11.6 Å². The molecule has 0 saturated heterocycles. The molecule has 1 aliphatic carbocycles. The number of hydrogen-bond acceptors (Lipinski definition) is 2. The third-order valence-electron chi connectivity index (χ3n) is 3.02. The van der Waals surface area contributed by atoms with Crippen molar-refractivity contribution in [1.29, 1.82) is 0 Å². The van der Waals surface area contributed by atoms with Crippen molar-refractivity contribution in [2.45, 2.75) is 25.7 Å². The molecule has 4 heteroatoms. The van der Waals surface area contributed by atoms with Crippen molar-refractivity contribution in [3.63, 3.8) is 0 Å². The molecule has 1 nitrogen and oxygen atoms in total. The molecule has 1 aromatic carbocycles. The summed E-state index contributed by atoms with van der Waals surface area (Å²) in [7, 11) is 0. The van der Waals surface area contributed by atoms with Gasteiger partial charge in [0.1, 0.15) is 10.8 Å². The Hall–Kier alpha value is -0.930. The Morgan fingerprint density at radius 1 is 1.24 bits per heavy atom. The number of aryl methyl sites for hydroxylation is 2. The molecule has 2 aromatic rings. The average Bonchev–Trinajstić information content (AvgIpc) is 2.71. The summed E-state index contributed by atoms with van der Waals surface area (Å²) in [5, 5.41) is 1.16. The minimum Gasteiger partial charge on any atom is -0.241 e. The van der Waals surface area contributed by atoms with Gasteiger partial charge in [0.05, 0.1) is 16.3 Å². The van der Waals surface area contributed by atoms with Gasteiger partial charge in [-0.2, -0.15) is 0 Å². The molecule has 0 bridgehead atoms. The molecule has 0 spiro atoms. The van der Waals surface area contributed by atoms with E-state index in [0.717, 1.165) is 23.5 Å². The number of aromatic nitrogens is 1.